The first kappa shape index (κ1) is 22.6. The first-order valence-corrected chi connectivity index (χ1v) is 12.5. The quantitative estimate of drug-likeness (QED) is 0.513. The predicted molar refractivity (Wildman–Crippen MR) is 141 cm³/mol. The van der Waals surface area contributed by atoms with Gasteiger partial charge >= 0.3 is 0 Å². The zero-order valence-electron chi connectivity index (χ0n) is 21.2. The molecule has 2 aliphatic heterocycles. The third kappa shape index (κ3) is 3.88. The van der Waals surface area contributed by atoms with E-state index in [1.165, 1.54) is 11.1 Å². The molecule has 184 valence electrons. The van der Waals surface area contributed by atoms with Gasteiger partial charge in [-0.25, -0.2) is 15.0 Å². The number of nitrogens with zero attached hydrogens (tertiary/aromatic N) is 4. The smallest absolute Gasteiger partial charge is 0.177 e. The number of amidine groups is 1. The number of aromatic amines is 1. The van der Waals surface area contributed by atoms with E-state index in [1.54, 1.807) is 13.4 Å². The van der Waals surface area contributed by atoms with Gasteiger partial charge < -0.3 is 19.4 Å². The molecular formula is C29H31N5O2. The van der Waals surface area contributed by atoms with Crippen molar-refractivity contribution in [1.29, 1.82) is 0 Å². The van der Waals surface area contributed by atoms with Crippen molar-refractivity contribution in [1.82, 2.24) is 19.9 Å². The highest BCUT2D eigenvalue weighted by molar-refractivity contribution is 6.00. The van der Waals surface area contributed by atoms with Gasteiger partial charge in [-0.15, -0.1) is 0 Å². The molecule has 3 aliphatic rings. The van der Waals surface area contributed by atoms with Crippen LogP contribution >= 0.6 is 0 Å². The average Bonchev–Trinajstić information content (AvgIpc) is 3.24. The van der Waals surface area contributed by atoms with Gasteiger partial charge in [-0.1, -0.05) is 19.1 Å². The van der Waals surface area contributed by atoms with Crippen LogP contribution in [0.25, 0.3) is 22.3 Å². The van der Waals surface area contributed by atoms with Crippen LogP contribution in [0.2, 0.25) is 0 Å². The van der Waals surface area contributed by atoms with Crippen molar-refractivity contribution in [2.75, 3.05) is 20.3 Å². The SMILES string of the molecule is COC1=CC2C(=CC1)C(N1CCOc3ccc(-c4cnc5nc[nH]c5c4)cc3C1)=NC(C)=C(C)C2C. The Hall–Kier alpha value is -3.87. The minimum Gasteiger partial charge on any atom is -0.501 e. The number of nitrogens with one attached hydrogen (secondary N) is 1. The van der Waals surface area contributed by atoms with Crippen molar-refractivity contribution in [3.63, 3.8) is 0 Å². The molecule has 1 N–H and O–H groups in total. The summed E-state index contributed by atoms with van der Waals surface area (Å²) in [6, 6.07) is 8.49. The van der Waals surface area contributed by atoms with E-state index in [1.807, 2.05) is 6.20 Å². The minimum absolute atomic E-state index is 0.243. The molecule has 0 amide bonds. The first-order chi connectivity index (χ1) is 17.5. The molecule has 2 aromatic heterocycles. The van der Waals surface area contributed by atoms with Crippen molar-refractivity contribution in [2.24, 2.45) is 16.8 Å². The van der Waals surface area contributed by atoms with E-state index in [9.17, 15) is 0 Å². The molecule has 6 rings (SSSR count). The number of methoxy groups -OCH3 is 1. The van der Waals surface area contributed by atoms with Crippen LogP contribution in [-0.4, -0.2) is 45.9 Å². The molecule has 36 heavy (non-hydrogen) atoms. The number of pyridine rings is 1. The number of fused-ring (bicyclic) bond motifs is 3. The molecule has 7 heteroatoms. The number of allylic oxidation sites excluding steroid dienone is 4. The highest BCUT2D eigenvalue weighted by Gasteiger charge is 2.33. The summed E-state index contributed by atoms with van der Waals surface area (Å²) in [5, 5.41) is 0. The van der Waals surface area contributed by atoms with Gasteiger partial charge in [0.15, 0.2) is 5.65 Å². The zero-order chi connectivity index (χ0) is 24.8. The fraction of sp³-hybridized carbons (Fsp3) is 0.345. The molecule has 0 fully saturated rings. The number of rotatable bonds is 2. The van der Waals surface area contributed by atoms with Crippen molar-refractivity contribution in [3.8, 4) is 16.9 Å². The minimum atomic E-state index is 0.243. The number of ether oxygens (including phenoxy) is 2. The summed E-state index contributed by atoms with van der Waals surface area (Å²) in [6.45, 7) is 8.74. The van der Waals surface area contributed by atoms with Gasteiger partial charge in [0.1, 0.15) is 18.2 Å². The Morgan fingerprint density at radius 1 is 1.14 bits per heavy atom. The van der Waals surface area contributed by atoms with E-state index in [4.69, 9.17) is 14.5 Å². The van der Waals surface area contributed by atoms with E-state index in [0.29, 0.717) is 12.5 Å². The third-order valence-corrected chi connectivity index (χ3v) is 7.78. The number of H-pyrrole nitrogens is 1. The first-order valence-electron chi connectivity index (χ1n) is 12.5. The number of imidazole rings is 1. The highest BCUT2D eigenvalue weighted by atomic mass is 16.5. The van der Waals surface area contributed by atoms with Gasteiger partial charge in [0.05, 0.1) is 31.3 Å². The lowest BCUT2D eigenvalue weighted by Gasteiger charge is -2.32. The molecule has 3 aromatic rings. The second-order valence-electron chi connectivity index (χ2n) is 9.81. The van der Waals surface area contributed by atoms with Crippen LogP contribution in [-0.2, 0) is 11.3 Å². The summed E-state index contributed by atoms with van der Waals surface area (Å²) in [7, 11) is 1.76. The van der Waals surface area contributed by atoms with Crippen molar-refractivity contribution < 1.29 is 9.47 Å². The Balaban J connectivity index is 1.37. The normalized spacial score (nSPS) is 22.0. The van der Waals surface area contributed by atoms with Gasteiger partial charge in [0.25, 0.3) is 0 Å². The molecule has 0 saturated heterocycles. The molecule has 2 unspecified atom stereocenters. The Labute approximate surface area is 211 Å². The standard InChI is InChI=1S/C29H31N5O2/c1-17-18(2)25-13-23(35-4)6-7-24(25)29(33-19(17)3)34-9-10-36-27-8-5-20(11-22(27)15-34)21-12-26-28(30-14-21)32-16-31-26/h5,7-8,11-14,16,18,25H,6,9-10,15H2,1-4H3,(H,30,31,32). The van der Waals surface area contributed by atoms with Crippen LogP contribution in [0.15, 0.2) is 76.5 Å². The molecule has 0 saturated carbocycles. The second kappa shape index (κ2) is 8.97. The van der Waals surface area contributed by atoms with Gasteiger partial charge in [-0.3, -0.25) is 0 Å². The fourth-order valence-electron chi connectivity index (χ4n) is 5.42. The Kier molecular flexibility index (Phi) is 5.63. The molecule has 4 heterocycles. The summed E-state index contributed by atoms with van der Waals surface area (Å²) in [5.41, 5.74) is 8.66. The van der Waals surface area contributed by atoms with Crippen molar-refractivity contribution in [2.45, 2.75) is 33.7 Å². The van der Waals surface area contributed by atoms with Crippen LogP contribution < -0.4 is 4.74 Å². The number of hydrogen-bond donors (Lipinski definition) is 1. The number of aliphatic imine (C=N–C) groups is 1. The maximum atomic E-state index is 6.20. The van der Waals surface area contributed by atoms with Gasteiger partial charge in [-0.05, 0) is 60.8 Å². The molecule has 0 spiro atoms. The van der Waals surface area contributed by atoms with E-state index in [-0.39, 0.29) is 5.92 Å². The number of benzene rings is 1. The molecule has 1 aliphatic carbocycles. The Bertz CT molecular complexity index is 1460. The summed E-state index contributed by atoms with van der Waals surface area (Å²) in [6.07, 6.45) is 8.94. The summed E-state index contributed by atoms with van der Waals surface area (Å²) in [5.74, 6) is 3.61. The predicted octanol–water partition coefficient (Wildman–Crippen LogP) is 5.64. The van der Waals surface area contributed by atoms with Crippen molar-refractivity contribution in [3.05, 3.63) is 77.1 Å². The number of hydrogen-bond acceptors (Lipinski definition) is 6. The topological polar surface area (TPSA) is 75.6 Å². The fourth-order valence-corrected chi connectivity index (χ4v) is 5.42. The van der Waals surface area contributed by atoms with Gasteiger partial charge in [0.2, 0.25) is 0 Å². The maximum Gasteiger partial charge on any atom is 0.177 e. The van der Waals surface area contributed by atoms with E-state index in [2.05, 4.69) is 77.0 Å². The number of aromatic nitrogens is 3. The van der Waals surface area contributed by atoms with E-state index in [0.717, 1.165) is 70.4 Å². The van der Waals surface area contributed by atoms with E-state index >= 15 is 0 Å². The van der Waals surface area contributed by atoms with Crippen LogP contribution in [0.1, 0.15) is 32.8 Å². The van der Waals surface area contributed by atoms with Gasteiger partial charge in [0, 0.05) is 41.9 Å². The summed E-state index contributed by atoms with van der Waals surface area (Å²) >= 11 is 0. The maximum absolute atomic E-state index is 6.20. The molecule has 2 atom stereocenters. The molecule has 0 bridgehead atoms. The van der Waals surface area contributed by atoms with Crippen LogP contribution in [0, 0.1) is 11.8 Å². The molecular weight excluding hydrogens is 450 g/mol. The summed E-state index contributed by atoms with van der Waals surface area (Å²) in [4.78, 5) is 19.5. The average molecular weight is 482 g/mol. The largest absolute Gasteiger partial charge is 0.501 e. The summed E-state index contributed by atoms with van der Waals surface area (Å²) < 4.78 is 11.8. The second-order valence-corrected chi connectivity index (χ2v) is 9.81. The van der Waals surface area contributed by atoms with Crippen LogP contribution in [0.5, 0.6) is 5.75 Å². The van der Waals surface area contributed by atoms with Gasteiger partial charge in [-0.2, -0.15) is 0 Å². The van der Waals surface area contributed by atoms with Crippen LogP contribution in [0.3, 0.4) is 0 Å². The Morgan fingerprint density at radius 2 is 2.03 bits per heavy atom. The zero-order valence-corrected chi connectivity index (χ0v) is 21.2. The molecule has 0 radical (unpaired) electrons. The molecule has 1 aromatic carbocycles. The van der Waals surface area contributed by atoms with E-state index < -0.39 is 0 Å². The van der Waals surface area contributed by atoms with Crippen LogP contribution in [0.4, 0.5) is 0 Å². The highest BCUT2D eigenvalue weighted by Crippen LogP contribution is 2.39. The Morgan fingerprint density at radius 3 is 2.89 bits per heavy atom. The lowest BCUT2D eigenvalue weighted by atomic mass is 9.79. The lowest BCUT2D eigenvalue weighted by Crippen LogP contribution is -2.36. The van der Waals surface area contributed by atoms with Crippen molar-refractivity contribution >= 4 is 17.0 Å². The monoisotopic (exact) mass is 481 g/mol. The molecule has 7 nitrogen and oxygen atoms in total. The lowest BCUT2D eigenvalue weighted by molar-refractivity contribution is 0.275. The third-order valence-electron chi connectivity index (χ3n) is 7.78.